The van der Waals surface area contributed by atoms with Crippen LogP contribution in [-0.4, -0.2) is 67.1 Å². The molecule has 112 valence electrons. The smallest absolute Gasteiger partial charge is 0.146 e. The molecule has 0 spiro atoms. The summed E-state index contributed by atoms with van der Waals surface area (Å²) in [5.74, 6) is 0.850. The van der Waals surface area contributed by atoms with Crippen molar-refractivity contribution in [2.24, 2.45) is 0 Å². The summed E-state index contributed by atoms with van der Waals surface area (Å²) in [5, 5.41) is 9.20. The zero-order chi connectivity index (χ0) is 14.7. The Bertz CT molecular complexity index is 508. The number of nitrogens with zero attached hydrogens (tertiary/aromatic N) is 5. The van der Waals surface area contributed by atoms with Gasteiger partial charge in [-0.1, -0.05) is 0 Å². The lowest BCUT2D eigenvalue weighted by Gasteiger charge is -2.42. The van der Waals surface area contributed by atoms with Crippen molar-refractivity contribution >= 4 is 5.82 Å². The zero-order valence-electron chi connectivity index (χ0n) is 12.7. The molecular formula is C16H23N5. The van der Waals surface area contributed by atoms with Gasteiger partial charge in [-0.05, 0) is 45.1 Å². The third-order valence-corrected chi connectivity index (χ3v) is 4.73. The molecule has 0 radical (unpaired) electrons. The Morgan fingerprint density at radius 1 is 1.14 bits per heavy atom. The Kier molecular flexibility index (Phi) is 4.37. The molecule has 0 bridgehead atoms. The normalized spacial score (nSPS) is 22.2. The summed E-state index contributed by atoms with van der Waals surface area (Å²) >= 11 is 0. The van der Waals surface area contributed by atoms with Crippen LogP contribution in [0.4, 0.5) is 5.82 Å². The molecule has 0 atom stereocenters. The number of likely N-dealkylation sites (tertiary alicyclic amines) is 1. The second-order valence-corrected chi connectivity index (χ2v) is 6.04. The molecule has 0 saturated carbocycles. The summed E-state index contributed by atoms with van der Waals surface area (Å²) in [5.41, 5.74) is 0.685. The van der Waals surface area contributed by atoms with Gasteiger partial charge in [0.15, 0.2) is 0 Å². The van der Waals surface area contributed by atoms with Crippen molar-refractivity contribution in [2.45, 2.75) is 18.9 Å². The third kappa shape index (κ3) is 3.17. The van der Waals surface area contributed by atoms with Crippen molar-refractivity contribution in [3.8, 4) is 6.07 Å². The molecule has 0 aliphatic carbocycles. The van der Waals surface area contributed by atoms with E-state index >= 15 is 0 Å². The van der Waals surface area contributed by atoms with Gasteiger partial charge < -0.3 is 9.80 Å². The minimum Gasteiger partial charge on any atom is -0.353 e. The Morgan fingerprint density at radius 3 is 2.52 bits per heavy atom. The number of nitriles is 1. The number of hydrogen-bond donors (Lipinski definition) is 0. The number of hydrogen-bond acceptors (Lipinski definition) is 5. The summed E-state index contributed by atoms with van der Waals surface area (Å²) in [6.45, 7) is 6.52. The molecule has 3 heterocycles. The third-order valence-electron chi connectivity index (χ3n) is 4.73. The largest absolute Gasteiger partial charge is 0.353 e. The Labute approximate surface area is 126 Å². The van der Waals surface area contributed by atoms with Crippen molar-refractivity contribution in [1.82, 2.24) is 14.8 Å². The van der Waals surface area contributed by atoms with E-state index in [1.165, 1.54) is 25.9 Å². The highest BCUT2D eigenvalue weighted by molar-refractivity contribution is 5.53. The minimum atomic E-state index is 0.685. The van der Waals surface area contributed by atoms with Gasteiger partial charge in [0.25, 0.3) is 0 Å². The average Bonchev–Trinajstić information content (AvgIpc) is 2.56. The first-order chi connectivity index (χ1) is 10.3. The summed E-state index contributed by atoms with van der Waals surface area (Å²) in [4.78, 5) is 11.7. The molecular weight excluding hydrogens is 262 g/mol. The van der Waals surface area contributed by atoms with E-state index in [1.54, 1.807) is 6.20 Å². The molecule has 0 aromatic carbocycles. The van der Waals surface area contributed by atoms with Gasteiger partial charge in [0.1, 0.15) is 11.9 Å². The number of piperidine rings is 1. The van der Waals surface area contributed by atoms with Gasteiger partial charge >= 0.3 is 0 Å². The van der Waals surface area contributed by atoms with E-state index in [1.807, 2.05) is 12.1 Å². The number of rotatable bonds is 2. The van der Waals surface area contributed by atoms with Crippen LogP contribution in [0.3, 0.4) is 0 Å². The van der Waals surface area contributed by atoms with Crippen LogP contribution in [-0.2, 0) is 0 Å². The fourth-order valence-electron chi connectivity index (χ4n) is 3.40. The molecule has 2 aliphatic heterocycles. The zero-order valence-corrected chi connectivity index (χ0v) is 12.7. The van der Waals surface area contributed by atoms with Gasteiger partial charge in [0, 0.05) is 38.4 Å². The maximum atomic E-state index is 9.20. The van der Waals surface area contributed by atoms with Crippen LogP contribution in [0, 0.1) is 11.3 Å². The molecule has 1 aromatic heterocycles. The van der Waals surface area contributed by atoms with Crippen molar-refractivity contribution in [2.75, 3.05) is 51.2 Å². The molecule has 5 nitrogen and oxygen atoms in total. The van der Waals surface area contributed by atoms with Crippen LogP contribution in [0.15, 0.2) is 18.3 Å². The first-order valence-corrected chi connectivity index (χ1v) is 7.80. The highest BCUT2D eigenvalue weighted by Gasteiger charge is 2.27. The van der Waals surface area contributed by atoms with Crippen LogP contribution < -0.4 is 4.90 Å². The summed E-state index contributed by atoms with van der Waals surface area (Å²) in [7, 11) is 2.21. The van der Waals surface area contributed by atoms with E-state index in [4.69, 9.17) is 0 Å². The van der Waals surface area contributed by atoms with Crippen LogP contribution in [0.1, 0.15) is 18.4 Å². The van der Waals surface area contributed by atoms with Gasteiger partial charge in [-0.25, -0.2) is 4.98 Å². The lowest BCUT2D eigenvalue weighted by Crippen LogP contribution is -2.53. The highest BCUT2D eigenvalue weighted by Crippen LogP contribution is 2.21. The van der Waals surface area contributed by atoms with E-state index in [2.05, 4.69) is 32.8 Å². The number of pyridine rings is 1. The molecule has 2 saturated heterocycles. The molecule has 5 heteroatoms. The molecule has 2 fully saturated rings. The number of aromatic nitrogens is 1. The van der Waals surface area contributed by atoms with Crippen LogP contribution in [0.2, 0.25) is 0 Å². The first-order valence-electron chi connectivity index (χ1n) is 7.80. The Morgan fingerprint density at radius 2 is 1.86 bits per heavy atom. The van der Waals surface area contributed by atoms with E-state index in [9.17, 15) is 5.26 Å². The predicted molar refractivity (Wildman–Crippen MR) is 83.3 cm³/mol. The highest BCUT2D eigenvalue weighted by atomic mass is 15.3. The maximum absolute atomic E-state index is 9.20. The topological polar surface area (TPSA) is 46.4 Å². The molecule has 2 aliphatic rings. The van der Waals surface area contributed by atoms with Gasteiger partial charge in [-0.15, -0.1) is 0 Å². The van der Waals surface area contributed by atoms with Gasteiger partial charge in [0.2, 0.25) is 0 Å². The molecule has 21 heavy (non-hydrogen) atoms. The monoisotopic (exact) mass is 285 g/mol. The van der Waals surface area contributed by atoms with Gasteiger partial charge in [-0.2, -0.15) is 5.26 Å². The summed E-state index contributed by atoms with van der Waals surface area (Å²) in [6, 6.07) is 6.67. The first kappa shape index (κ1) is 14.3. The lowest BCUT2D eigenvalue weighted by atomic mass is 10.0. The predicted octanol–water partition coefficient (Wildman–Crippen LogP) is 1.17. The van der Waals surface area contributed by atoms with Crippen molar-refractivity contribution < 1.29 is 0 Å². The van der Waals surface area contributed by atoms with Gasteiger partial charge in [0.05, 0.1) is 5.56 Å². The molecule has 0 amide bonds. The van der Waals surface area contributed by atoms with Gasteiger partial charge in [-0.3, -0.25) is 4.90 Å². The summed E-state index contributed by atoms with van der Waals surface area (Å²) < 4.78 is 0. The van der Waals surface area contributed by atoms with Crippen molar-refractivity contribution in [3.05, 3.63) is 23.9 Å². The lowest BCUT2D eigenvalue weighted by molar-refractivity contribution is 0.115. The number of anilines is 1. The van der Waals surface area contributed by atoms with Crippen molar-refractivity contribution in [3.63, 3.8) is 0 Å². The fourth-order valence-corrected chi connectivity index (χ4v) is 3.40. The van der Waals surface area contributed by atoms with E-state index in [0.29, 0.717) is 5.56 Å². The summed E-state index contributed by atoms with van der Waals surface area (Å²) in [6.07, 6.45) is 4.34. The maximum Gasteiger partial charge on any atom is 0.146 e. The molecule has 3 rings (SSSR count). The van der Waals surface area contributed by atoms with Crippen LogP contribution in [0.25, 0.3) is 0 Å². The van der Waals surface area contributed by atoms with Crippen LogP contribution in [0.5, 0.6) is 0 Å². The molecule has 1 aromatic rings. The second-order valence-electron chi connectivity index (χ2n) is 6.04. The van der Waals surface area contributed by atoms with Crippen LogP contribution >= 0.6 is 0 Å². The van der Waals surface area contributed by atoms with E-state index in [-0.39, 0.29) is 0 Å². The number of piperazine rings is 1. The average molecular weight is 285 g/mol. The fraction of sp³-hybridized carbons (Fsp3) is 0.625. The Balaban J connectivity index is 1.59. The van der Waals surface area contributed by atoms with E-state index in [0.717, 1.165) is 38.0 Å². The SMILES string of the molecule is CN1CCC(N2CCN(c3ncccc3C#N)CC2)CC1. The molecule has 0 N–H and O–H groups in total. The standard InChI is InChI=1S/C16H23N5/c1-19-7-4-15(5-8-19)20-9-11-21(12-10-20)16-14(13-17)3-2-6-18-16/h2-3,6,15H,4-5,7-12H2,1H3. The van der Waals surface area contributed by atoms with Crippen molar-refractivity contribution in [1.29, 1.82) is 5.26 Å². The molecule has 0 unspecified atom stereocenters. The Hall–Kier alpha value is -1.64. The minimum absolute atomic E-state index is 0.685. The quantitative estimate of drug-likeness (QED) is 0.816. The van der Waals surface area contributed by atoms with E-state index < -0.39 is 0 Å². The second kappa shape index (κ2) is 6.42.